The van der Waals surface area contributed by atoms with Crippen LogP contribution in [0.1, 0.15) is 31.9 Å². The molecule has 1 aromatic carbocycles. The Morgan fingerprint density at radius 3 is 2.44 bits per heavy atom. The number of rotatable bonds is 3. The highest BCUT2D eigenvalue weighted by atomic mass is 16.3. The first kappa shape index (κ1) is 15.8. The van der Waals surface area contributed by atoms with Crippen LogP contribution in [0.4, 0.5) is 0 Å². The van der Waals surface area contributed by atoms with E-state index in [0.717, 1.165) is 45.2 Å². The van der Waals surface area contributed by atoms with E-state index in [4.69, 9.17) is 0 Å². The molecule has 25 heavy (non-hydrogen) atoms. The van der Waals surface area contributed by atoms with Crippen molar-refractivity contribution in [2.24, 2.45) is 7.05 Å². The second-order valence-corrected chi connectivity index (χ2v) is 7.04. The smallest absolute Gasteiger partial charge is 0.161 e. The largest absolute Gasteiger partial charge is 0.386 e. The summed E-state index contributed by atoms with van der Waals surface area (Å²) in [5, 5.41) is 15.8. The Bertz CT molecular complexity index is 1070. The van der Waals surface area contributed by atoms with Gasteiger partial charge in [0, 0.05) is 35.8 Å². The van der Waals surface area contributed by atoms with E-state index in [1.54, 1.807) is 13.8 Å². The van der Waals surface area contributed by atoms with Crippen LogP contribution in [0, 0.1) is 0 Å². The molecule has 0 aliphatic heterocycles. The predicted octanol–water partition coefficient (Wildman–Crippen LogP) is 3.91. The highest BCUT2D eigenvalue weighted by Gasteiger charge is 2.18. The Kier molecular flexibility index (Phi) is 3.44. The Hall–Kier alpha value is -2.66. The van der Waals surface area contributed by atoms with Gasteiger partial charge in [0.15, 0.2) is 5.65 Å². The molecule has 0 unspecified atom stereocenters. The topological polar surface area (TPSA) is 66.7 Å². The number of aromatic amines is 1. The number of fused-ring (bicyclic) bond motifs is 3. The minimum absolute atomic E-state index is 0.794. The standard InChI is InChI=1S/C20H22N4O/c1-5-12-10-21-19-16(12)18-15(11-22-19)17(23-24(18)4)13-6-8-14(9-7-13)20(2,3)25/h6-11,23,25H,5H2,1-4H3. The van der Waals surface area contributed by atoms with E-state index in [0.29, 0.717) is 0 Å². The molecule has 3 heterocycles. The van der Waals surface area contributed by atoms with Crippen LogP contribution in [0.15, 0.2) is 36.7 Å². The minimum atomic E-state index is -0.842. The van der Waals surface area contributed by atoms with Crippen molar-refractivity contribution in [1.82, 2.24) is 19.7 Å². The monoisotopic (exact) mass is 334 g/mol. The summed E-state index contributed by atoms with van der Waals surface area (Å²) in [6.45, 7) is 5.72. The Morgan fingerprint density at radius 2 is 1.80 bits per heavy atom. The summed E-state index contributed by atoms with van der Waals surface area (Å²) in [5.41, 5.74) is 5.28. The van der Waals surface area contributed by atoms with Gasteiger partial charge in [0.1, 0.15) is 0 Å². The lowest BCUT2D eigenvalue weighted by Gasteiger charge is -2.17. The van der Waals surface area contributed by atoms with Crippen LogP contribution >= 0.6 is 0 Å². The zero-order valence-corrected chi connectivity index (χ0v) is 15.0. The first-order valence-corrected chi connectivity index (χ1v) is 8.54. The summed E-state index contributed by atoms with van der Waals surface area (Å²) < 4.78 is 2.04. The molecule has 2 N–H and O–H groups in total. The molecule has 0 bridgehead atoms. The van der Waals surface area contributed by atoms with Gasteiger partial charge >= 0.3 is 0 Å². The van der Waals surface area contributed by atoms with Crippen LogP contribution in [-0.2, 0) is 19.1 Å². The summed E-state index contributed by atoms with van der Waals surface area (Å²) in [6, 6.07) is 8.00. The molecule has 0 aliphatic rings. The van der Waals surface area contributed by atoms with Gasteiger partial charge in [0.05, 0.1) is 16.8 Å². The van der Waals surface area contributed by atoms with E-state index in [1.165, 1.54) is 5.56 Å². The summed E-state index contributed by atoms with van der Waals surface area (Å²) in [7, 11) is 2.02. The Balaban J connectivity index is 1.94. The number of hydrogen-bond donors (Lipinski definition) is 2. The number of H-pyrrole nitrogens is 1. The van der Waals surface area contributed by atoms with Gasteiger partial charge in [-0.2, -0.15) is 0 Å². The summed E-state index contributed by atoms with van der Waals surface area (Å²) in [6.07, 6.45) is 4.74. The highest BCUT2D eigenvalue weighted by molar-refractivity contribution is 6.08. The first-order chi connectivity index (χ1) is 11.9. The van der Waals surface area contributed by atoms with Gasteiger partial charge in [0.2, 0.25) is 0 Å². The van der Waals surface area contributed by atoms with Gasteiger partial charge < -0.3 is 5.11 Å². The number of nitrogens with zero attached hydrogens (tertiary/aromatic N) is 3. The number of pyridine rings is 1. The van der Waals surface area contributed by atoms with Gasteiger partial charge in [-0.25, -0.2) is 9.97 Å². The van der Waals surface area contributed by atoms with Crippen molar-refractivity contribution in [1.29, 1.82) is 0 Å². The Labute approximate surface area is 146 Å². The summed E-state index contributed by atoms with van der Waals surface area (Å²) in [5.74, 6) is 0. The normalized spacial score (nSPS) is 12.4. The molecule has 0 fully saturated rings. The molecule has 5 heteroatoms. The fraction of sp³-hybridized carbons (Fsp3) is 0.300. The minimum Gasteiger partial charge on any atom is -0.386 e. The van der Waals surface area contributed by atoms with E-state index in [1.807, 2.05) is 48.4 Å². The molecule has 4 rings (SSSR count). The first-order valence-electron chi connectivity index (χ1n) is 8.54. The van der Waals surface area contributed by atoms with Crippen molar-refractivity contribution in [3.63, 3.8) is 0 Å². The number of nitrogens with one attached hydrogen (secondary N) is 1. The molecule has 0 radical (unpaired) electrons. The van der Waals surface area contributed by atoms with Gasteiger partial charge in [-0.05, 0) is 31.4 Å². The van der Waals surface area contributed by atoms with Gasteiger partial charge in [0.25, 0.3) is 0 Å². The summed E-state index contributed by atoms with van der Waals surface area (Å²) >= 11 is 0. The molecule has 0 saturated heterocycles. The quantitative estimate of drug-likeness (QED) is 0.597. The van der Waals surface area contributed by atoms with E-state index in [9.17, 15) is 5.11 Å². The maximum atomic E-state index is 10.1. The third-order valence-electron chi connectivity index (χ3n) is 4.84. The molecule has 0 amide bonds. The van der Waals surface area contributed by atoms with E-state index in [2.05, 4.69) is 22.0 Å². The molecular weight excluding hydrogens is 312 g/mol. The second kappa shape index (κ2) is 5.43. The molecule has 3 aromatic heterocycles. The van der Waals surface area contributed by atoms with E-state index in [-0.39, 0.29) is 0 Å². The molecule has 4 aromatic rings. The fourth-order valence-corrected chi connectivity index (χ4v) is 3.44. The van der Waals surface area contributed by atoms with E-state index < -0.39 is 5.60 Å². The predicted molar refractivity (Wildman–Crippen MR) is 100 cm³/mol. The van der Waals surface area contributed by atoms with E-state index >= 15 is 0 Å². The van der Waals surface area contributed by atoms with Gasteiger partial charge in [-0.3, -0.25) is 9.78 Å². The number of hydrogen-bond acceptors (Lipinski definition) is 3. The molecule has 128 valence electrons. The fourth-order valence-electron chi connectivity index (χ4n) is 3.44. The highest BCUT2D eigenvalue weighted by Crippen LogP contribution is 2.33. The lowest BCUT2D eigenvalue weighted by atomic mass is 9.96. The third-order valence-corrected chi connectivity index (χ3v) is 4.84. The zero-order valence-electron chi connectivity index (χ0n) is 15.0. The molecule has 0 atom stereocenters. The van der Waals surface area contributed by atoms with Crippen molar-refractivity contribution < 1.29 is 5.11 Å². The number of aliphatic hydroxyl groups is 1. The lowest BCUT2D eigenvalue weighted by Crippen LogP contribution is -2.14. The summed E-state index contributed by atoms with van der Waals surface area (Å²) in [4.78, 5) is 8.99. The van der Waals surface area contributed by atoms with Crippen LogP contribution in [0.25, 0.3) is 33.2 Å². The lowest BCUT2D eigenvalue weighted by molar-refractivity contribution is 0.0786. The second-order valence-electron chi connectivity index (χ2n) is 7.04. The van der Waals surface area contributed by atoms with Crippen molar-refractivity contribution >= 4 is 21.9 Å². The van der Waals surface area contributed by atoms with Crippen LogP contribution < -0.4 is 0 Å². The number of aryl methyl sites for hydroxylation is 2. The molecule has 0 spiro atoms. The SMILES string of the molecule is CCc1cnc2ncc3c(-c4ccc(C(C)(C)O)cc4)[nH]n(C)c3c12. The number of benzene rings is 1. The van der Waals surface area contributed by atoms with Crippen LogP contribution in [0.5, 0.6) is 0 Å². The number of aromatic nitrogens is 4. The van der Waals surface area contributed by atoms with Crippen molar-refractivity contribution in [2.75, 3.05) is 0 Å². The Morgan fingerprint density at radius 1 is 1.12 bits per heavy atom. The molecule has 0 aliphatic carbocycles. The van der Waals surface area contributed by atoms with Crippen molar-refractivity contribution in [3.05, 3.63) is 47.8 Å². The van der Waals surface area contributed by atoms with Crippen LogP contribution in [0.3, 0.4) is 0 Å². The van der Waals surface area contributed by atoms with Crippen LogP contribution in [0.2, 0.25) is 0 Å². The molecular formula is C20H22N4O. The van der Waals surface area contributed by atoms with Gasteiger partial charge in [-0.1, -0.05) is 31.2 Å². The van der Waals surface area contributed by atoms with Crippen molar-refractivity contribution in [3.8, 4) is 11.3 Å². The molecule has 5 nitrogen and oxygen atoms in total. The van der Waals surface area contributed by atoms with Crippen LogP contribution in [-0.4, -0.2) is 24.9 Å². The zero-order chi connectivity index (χ0) is 17.8. The molecule has 0 saturated carbocycles. The maximum absolute atomic E-state index is 10.1. The maximum Gasteiger partial charge on any atom is 0.161 e. The average Bonchev–Trinajstić information content (AvgIpc) is 3.15. The average molecular weight is 334 g/mol. The van der Waals surface area contributed by atoms with Gasteiger partial charge in [-0.15, -0.1) is 0 Å². The third kappa shape index (κ3) is 2.43. The van der Waals surface area contributed by atoms with Crippen molar-refractivity contribution in [2.45, 2.75) is 32.8 Å².